The van der Waals surface area contributed by atoms with Gasteiger partial charge in [-0.1, -0.05) is 0 Å². The maximum Gasteiger partial charge on any atom is 0.239 e. The van der Waals surface area contributed by atoms with Crippen LogP contribution in [-0.2, 0) is 9.53 Å². The molecule has 1 aliphatic carbocycles. The first kappa shape index (κ1) is 13.5. The largest absolute Gasteiger partial charge is 0.384 e. The van der Waals surface area contributed by atoms with Gasteiger partial charge < -0.3 is 21.1 Å². The van der Waals surface area contributed by atoms with Crippen molar-refractivity contribution < 1.29 is 9.53 Å². The van der Waals surface area contributed by atoms with Crippen LogP contribution < -0.4 is 16.4 Å². The van der Waals surface area contributed by atoms with Gasteiger partial charge in [-0.05, 0) is 12.8 Å². The molecule has 7 heteroatoms. The van der Waals surface area contributed by atoms with Crippen molar-refractivity contribution in [3.05, 3.63) is 11.9 Å². The Morgan fingerprint density at radius 3 is 3.00 bits per heavy atom. The van der Waals surface area contributed by atoms with E-state index < -0.39 is 0 Å². The Bertz CT molecular complexity index is 448. The van der Waals surface area contributed by atoms with Crippen LogP contribution in [-0.4, -0.2) is 42.7 Å². The number of ether oxygens (including phenoxy) is 1. The van der Waals surface area contributed by atoms with Gasteiger partial charge in [0.1, 0.15) is 17.5 Å². The van der Waals surface area contributed by atoms with E-state index in [2.05, 4.69) is 20.6 Å². The summed E-state index contributed by atoms with van der Waals surface area (Å²) in [6.07, 6.45) is 2.22. The van der Waals surface area contributed by atoms with Crippen LogP contribution in [0.5, 0.6) is 0 Å². The predicted molar refractivity (Wildman–Crippen MR) is 71.8 cm³/mol. The van der Waals surface area contributed by atoms with Crippen LogP contribution in [0.2, 0.25) is 0 Å². The number of carbonyl (C=O) groups is 1. The fourth-order valence-corrected chi connectivity index (χ4v) is 1.63. The lowest BCUT2D eigenvalue weighted by Crippen LogP contribution is -2.32. The molecule has 1 fully saturated rings. The molecular weight excluding hydrogens is 246 g/mol. The SMILES string of the molecule is COCCNC(=O)CNc1cc(N)nc(C2CC2)n1. The molecule has 0 spiro atoms. The Balaban J connectivity index is 1.83. The molecule has 0 aliphatic heterocycles. The number of nitrogen functional groups attached to an aromatic ring is 1. The number of rotatable bonds is 7. The van der Waals surface area contributed by atoms with E-state index in [4.69, 9.17) is 10.5 Å². The Morgan fingerprint density at radius 1 is 1.53 bits per heavy atom. The van der Waals surface area contributed by atoms with Crippen LogP contribution in [0.15, 0.2) is 6.07 Å². The number of carbonyl (C=O) groups excluding carboxylic acids is 1. The minimum atomic E-state index is -0.109. The van der Waals surface area contributed by atoms with E-state index in [0.717, 1.165) is 18.7 Å². The lowest BCUT2D eigenvalue weighted by atomic mass is 10.3. The third-order valence-electron chi connectivity index (χ3n) is 2.76. The van der Waals surface area contributed by atoms with Gasteiger partial charge in [0, 0.05) is 25.6 Å². The Labute approximate surface area is 111 Å². The molecule has 0 saturated heterocycles. The van der Waals surface area contributed by atoms with Crippen LogP contribution in [0.4, 0.5) is 11.6 Å². The maximum absolute atomic E-state index is 11.5. The molecule has 104 valence electrons. The first-order valence-electron chi connectivity index (χ1n) is 6.33. The number of hydrogen-bond donors (Lipinski definition) is 3. The average molecular weight is 265 g/mol. The molecule has 7 nitrogen and oxygen atoms in total. The number of nitrogens with two attached hydrogens (primary N) is 1. The lowest BCUT2D eigenvalue weighted by molar-refractivity contribution is -0.119. The van der Waals surface area contributed by atoms with E-state index in [9.17, 15) is 4.79 Å². The zero-order valence-corrected chi connectivity index (χ0v) is 11.0. The highest BCUT2D eigenvalue weighted by molar-refractivity contribution is 5.80. The molecule has 1 aromatic heterocycles. The van der Waals surface area contributed by atoms with Gasteiger partial charge in [-0.25, -0.2) is 9.97 Å². The molecule has 0 unspecified atom stereocenters. The molecule has 4 N–H and O–H groups in total. The van der Waals surface area contributed by atoms with Crippen molar-refractivity contribution in [2.75, 3.05) is 37.9 Å². The summed E-state index contributed by atoms with van der Waals surface area (Å²) in [6.45, 7) is 1.15. The van der Waals surface area contributed by atoms with Crippen molar-refractivity contribution in [1.82, 2.24) is 15.3 Å². The predicted octanol–water partition coefficient (Wildman–Crippen LogP) is 0.111. The topological polar surface area (TPSA) is 102 Å². The molecule has 0 atom stereocenters. The second-order valence-corrected chi connectivity index (χ2v) is 4.51. The fraction of sp³-hybridized carbons (Fsp3) is 0.583. The van der Waals surface area contributed by atoms with E-state index in [1.807, 2.05) is 0 Å². The number of methoxy groups -OCH3 is 1. The molecule has 1 aromatic rings. The average Bonchev–Trinajstić information content (AvgIpc) is 3.20. The molecular formula is C12H19N5O2. The molecule has 1 aliphatic rings. The maximum atomic E-state index is 11.5. The summed E-state index contributed by atoms with van der Waals surface area (Å²) in [6, 6.07) is 1.63. The number of hydrogen-bond acceptors (Lipinski definition) is 6. The van der Waals surface area contributed by atoms with Crippen LogP contribution in [0, 0.1) is 0 Å². The minimum absolute atomic E-state index is 0.109. The Hall–Kier alpha value is -1.89. The van der Waals surface area contributed by atoms with Crippen molar-refractivity contribution in [2.24, 2.45) is 0 Å². The zero-order chi connectivity index (χ0) is 13.7. The molecule has 0 aromatic carbocycles. The Kier molecular flexibility index (Phi) is 4.51. The molecule has 0 radical (unpaired) electrons. The molecule has 0 bridgehead atoms. The molecule has 19 heavy (non-hydrogen) atoms. The quantitative estimate of drug-likeness (QED) is 0.605. The first-order chi connectivity index (χ1) is 9.19. The fourth-order valence-electron chi connectivity index (χ4n) is 1.63. The minimum Gasteiger partial charge on any atom is -0.384 e. The monoisotopic (exact) mass is 265 g/mol. The van der Waals surface area contributed by atoms with Crippen LogP contribution in [0.1, 0.15) is 24.6 Å². The second kappa shape index (κ2) is 6.33. The summed E-state index contributed by atoms with van der Waals surface area (Å²) in [5, 5.41) is 5.67. The van der Waals surface area contributed by atoms with Crippen molar-refractivity contribution >= 4 is 17.5 Å². The van der Waals surface area contributed by atoms with Crippen molar-refractivity contribution in [1.29, 1.82) is 0 Å². The van der Waals surface area contributed by atoms with E-state index >= 15 is 0 Å². The summed E-state index contributed by atoms with van der Waals surface area (Å²) < 4.78 is 4.85. The molecule has 2 rings (SSSR count). The van der Waals surface area contributed by atoms with Gasteiger partial charge in [0.15, 0.2) is 0 Å². The summed E-state index contributed by atoms with van der Waals surface area (Å²) in [7, 11) is 1.59. The van der Waals surface area contributed by atoms with Gasteiger partial charge in [-0.15, -0.1) is 0 Å². The van der Waals surface area contributed by atoms with Gasteiger partial charge in [0.05, 0.1) is 13.2 Å². The third-order valence-corrected chi connectivity index (χ3v) is 2.76. The van der Waals surface area contributed by atoms with E-state index in [-0.39, 0.29) is 12.5 Å². The third kappa shape index (κ3) is 4.36. The highest BCUT2D eigenvalue weighted by Crippen LogP contribution is 2.38. The normalized spacial score (nSPS) is 14.2. The van der Waals surface area contributed by atoms with Gasteiger partial charge >= 0.3 is 0 Å². The van der Waals surface area contributed by atoms with Crippen molar-refractivity contribution in [3.63, 3.8) is 0 Å². The van der Waals surface area contributed by atoms with Crippen molar-refractivity contribution in [3.8, 4) is 0 Å². The highest BCUT2D eigenvalue weighted by atomic mass is 16.5. The van der Waals surface area contributed by atoms with Crippen LogP contribution in [0.25, 0.3) is 0 Å². The van der Waals surface area contributed by atoms with E-state index in [1.165, 1.54) is 0 Å². The number of nitrogens with zero attached hydrogens (tertiary/aromatic N) is 2. The van der Waals surface area contributed by atoms with E-state index in [0.29, 0.717) is 30.7 Å². The Morgan fingerprint density at radius 2 is 2.32 bits per heavy atom. The van der Waals surface area contributed by atoms with E-state index in [1.54, 1.807) is 13.2 Å². The van der Waals surface area contributed by atoms with Crippen LogP contribution in [0.3, 0.4) is 0 Å². The van der Waals surface area contributed by atoms with Gasteiger partial charge in [-0.2, -0.15) is 0 Å². The number of anilines is 2. The first-order valence-corrected chi connectivity index (χ1v) is 6.33. The van der Waals surface area contributed by atoms with Gasteiger partial charge in [0.25, 0.3) is 0 Å². The highest BCUT2D eigenvalue weighted by Gasteiger charge is 2.27. The molecule has 1 amide bonds. The van der Waals surface area contributed by atoms with Gasteiger partial charge in [-0.3, -0.25) is 4.79 Å². The second-order valence-electron chi connectivity index (χ2n) is 4.51. The summed E-state index contributed by atoms with van der Waals surface area (Å²) >= 11 is 0. The van der Waals surface area contributed by atoms with Gasteiger partial charge in [0.2, 0.25) is 5.91 Å². The summed E-state index contributed by atoms with van der Waals surface area (Å²) in [5.74, 6) is 2.11. The number of nitrogens with one attached hydrogen (secondary N) is 2. The summed E-state index contributed by atoms with van der Waals surface area (Å²) in [5.41, 5.74) is 5.72. The number of aromatic nitrogens is 2. The standard InChI is InChI=1S/C12H19N5O2/c1-19-5-4-14-11(18)7-15-10-6-9(13)16-12(17-10)8-2-3-8/h6,8H,2-5,7H2,1H3,(H,14,18)(H3,13,15,16,17). The molecule has 1 heterocycles. The zero-order valence-electron chi connectivity index (χ0n) is 11.0. The number of amides is 1. The lowest BCUT2D eigenvalue weighted by Gasteiger charge is -2.08. The van der Waals surface area contributed by atoms with Crippen LogP contribution >= 0.6 is 0 Å². The molecule has 1 saturated carbocycles. The van der Waals surface area contributed by atoms with Crippen molar-refractivity contribution in [2.45, 2.75) is 18.8 Å². The smallest absolute Gasteiger partial charge is 0.239 e. The summed E-state index contributed by atoms with van der Waals surface area (Å²) in [4.78, 5) is 20.1.